The van der Waals surface area contributed by atoms with Crippen molar-refractivity contribution in [1.29, 1.82) is 0 Å². The third-order valence-corrected chi connectivity index (χ3v) is 4.29. The molecule has 1 heterocycles. The number of non-ortho nitro benzene ring substituents is 1. The largest absolute Gasteiger partial charge is 0.352 e. The summed E-state index contributed by atoms with van der Waals surface area (Å²) in [7, 11) is 1.69. The van der Waals surface area contributed by atoms with Crippen molar-refractivity contribution in [3.05, 3.63) is 55.5 Å². The summed E-state index contributed by atoms with van der Waals surface area (Å²) in [6, 6.07) is 6.54. The number of nitro groups is 1. The number of nitro benzene ring substituents is 1. The topological polar surface area (TPSA) is 92.5 Å². The van der Waals surface area contributed by atoms with Gasteiger partial charge in [-0.05, 0) is 19.4 Å². The monoisotopic (exact) mass is 333 g/mol. The Balaban J connectivity index is 1.91. The Kier molecular flexibility index (Phi) is 5.64. The van der Waals surface area contributed by atoms with Crippen LogP contribution < -0.4 is 10.6 Å². The Morgan fingerprint density at radius 3 is 2.70 bits per heavy atom. The summed E-state index contributed by atoms with van der Waals surface area (Å²) in [6.45, 7) is 5.07. The molecule has 23 heavy (non-hydrogen) atoms. The number of benzene rings is 1. The lowest BCUT2D eigenvalue weighted by molar-refractivity contribution is -0.384. The van der Waals surface area contributed by atoms with Gasteiger partial charge in [-0.15, -0.1) is 11.3 Å². The van der Waals surface area contributed by atoms with Gasteiger partial charge in [-0.1, -0.05) is 12.1 Å². The van der Waals surface area contributed by atoms with E-state index >= 15 is 0 Å². The van der Waals surface area contributed by atoms with Gasteiger partial charge in [0.25, 0.3) is 5.69 Å². The maximum atomic E-state index is 10.8. The molecule has 2 rings (SSSR count). The highest BCUT2D eigenvalue weighted by atomic mass is 32.1. The summed E-state index contributed by atoms with van der Waals surface area (Å²) in [5.41, 5.74) is 1.93. The Morgan fingerprint density at radius 2 is 2.09 bits per heavy atom. The zero-order valence-corrected chi connectivity index (χ0v) is 14.1. The summed E-state index contributed by atoms with van der Waals surface area (Å²) < 4.78 is 0. The van der Waals surface area contributed by atoms with E-state index in [1.165, 1.54) is 10.9 Å². The number of thiazole rings is 1. The van der Waals surface area contributed by atoms with E-state index in [0.717, 1.165) is 16.3 Å². The molecule has 0 saturated heterocycles. The Morgan fingerprint density at radius 1 is 1.35 bits per heavy atom. The van der Waals surface area contributed by atoms with E-state index in [1.807, 2.05) is 19.9 Å². The van der Waals surface area contributed by atoms with E-state index in [9.17, 15) is 10.1 Å². The molecule has 122 valence electrons. The molecule has 2 aromatic rings. The lowest BCUT2D eigenvalue weighted by Crippen LogP contribution is -2.36. The SMILES string of the molecule is CN=C(NCc1cccc([N+](=O)[O-])c1)NCc1sc(C)nc1C. The van der Waals surface area contributed by atoms with Crippen LogP contribution >= 0.6 is 11.3 Å². The van der Waals surface area contributed by atoms with Crippen LogP contribution in [0.25, 0.3) is 0 Å². The molecule has 7 nitrogen and oxygen atoms in total. The summed E-state index contributed by atoms with van der Waals surface area (Å²) in [6.07, 6.45) is 0. The van der Waals surface area contributed by atoms with Gasteiger partial charge in [0.15, 0.2) is 5.96 Å². The Labute approximate surface area is 138 Å². The fraction of sp³-hybridized carbons (Fsp3) is 0.333. The predicted octanol–water partition coefficient (Wildman–Crippen LogP) is 2.53. The van der Waals surface area contributed by atoms with E-state index in [1.54, 1.807) is 30.5 Å². The van der Waals surface area contributed by atoms with E-state index < -0.39 is 4.92 Å². The number of rotatable bonds is 5. The fourth-order valence-corrected chi connectivity index (χ4v) is 2.96. The summed E-state index contributed by atoms with van der Waals surface area (Å²) in [5.74, 6) is 0.641. The molecule has 0 fully saturated rings. The third-order valence-electron chi connectivity index (χ3n) is 3.22. The minimum Gasteiger partial charge on any atom is -0.352 e. The van der Waals surface area contributed by atoms with Gasteiger partial charge in [0.2, 0.25) is 0 Å². The molecule has 0 radical (unpaired) electrons. The number of guanidine groups is 1. The Hall–Kier alpha value is -2.48. The highest BCUT2D eigenvalue weighted by Gasteiger charge is 2.08. The van der Waals surface area contributed by atoms with Crippen molar-refractivity contribution in [2.75, 3.05) is 7.05 Å². The van der Waals surface area contributed by atoms with Crippen LogP contribution in [0.1, 0.15) is 21.1 Å². The quantitative estimate of drug-likeness (QED) is 0.380. The van der Waals surface area contributed by atoms with Crippen LogP contribution in [0.5, 0.6) is 0 Å². The van der Waals surface area contributed by atoms with Gasteiger partial charge < -0.3 is 10.6 Å². The standard InChI is InChI=1S/C15H19N5O2S/c1-10-14(23-11(2)19-10)9-18-15(16-3)17-8-12-5-4-6-13(7-12)20(21)22/h4-7H,8-9H2,1-3H3,(H2,16,17,18). The zero-order chi connectivity index (χ0) is 16.8. The molecule has 0 amide bonds. The smallest absolute Gasteiger partial charge is 0.269 e. The fourth-order valence-electron chi connectivity index (χ4n) is 2.09. The first-order chi connectivity index (χ1) is 11.0. The molecule has 0 aliphatic heterocycles. The second-order valence-electron chi connectivity index (χ2n) is 4.95. The van der Waals surface area contributed by atoms with Crippen LogP contribution in [0.2, 0.25) is 0 Å². The molecular weight excluding hydrogens is 314 g/mol. The first-order valence-corrected chi connectivity index (χ1v) is 7.92. The Bertz CT molecular complexity index is 726. The number of hydrogen-bond donors (Lipinski definition) is 2. The number of aryl methyl sites for hydroxylation is 2. The van der Waals surface area contributed by atoms with Gasteiger partial charge in [-0.25, -0.2) is 4.98 Å². The molecule has 0 saturated carbocycles. The van der Waals surface area contributed by atoms with Crippen molar-refractivity contribution in [3.63, 3.8) is 0 Å². The summed E-state index contributed by atoms with van der Waals surface area (Å²) in [4.78, 5) is 20.1. The van der Waals surface area contributed by atoms with Crippen molar-refractivity contribution in [2.24, 2.45) is 4.99 Å². The van der Waals surface area contributed by atoms with E-state index in [0.29, 0.717) is 19.0 Å². The van der Waals surface area contributed by atoms with Crippen molar-refractivity contribution >= 4 is 23.0 Å². The van der Waals surface area contributed by atoms with Crippen LogP contribution in [-0.2, 0) is 13.1 Å². The normalized spacial score (nSPS) is 11.3. The third kappa shape index (κ3) is 4.75. The molecule has 1 aromatic carbocycles. The van der Waals surface area contributed by atoms with Crippen molar-refractivity contribution in [2.45, 2.75) is 26.9 Å². The summed E-state index contributed by atoms with van der Waals surface area (Å²) >= 11 is 1.66. The molecule has 0 unspecified atom stereocenters. The molecule has 0 bridgehead atoms. The van der Waals surface area contributed by atoms with Crippen LogP contribution in [0.15, 0.2) is 29.3 Å². The van der Waals surface area contributed by atoms with Crippen LogP contribution in [-0.4, -0.2) is 22.9 Å². The minimum atomic E-state index is -0.397. The molecule has 0 aliphatic rings. The zero-order valence-electron chi connectivity index (χ0n) is 13.3. The van der Waals surface area contributed by atoms with Gasteiger partial charge in [0.1, 0.15) is 0 Å². The number of aliphatic imine (C=N–C) groups is 1. The average Bonchev–Trinajstić information content (AvgIpc) is 2.85. The highest BCUT2D eigenvalue weighted by molar-refractivity contribution is 7.11. The van der Waals surface area contributed by atoms with Gasteiger partial charge in [-0.2, -0.15) is 0 Å². The van der Waals surface area contributed by atoms with E-state index in [2.05, 4.69) is 20.6 Å². The number of hydrogen-bond acceptors (Lipinski definition) is 5. The van der Waals surface area contributed by atoms with Crippen molar-refractivity contribution < 1.29 is 4.92 Å². The minimum absolute atomic E-state index is 0.0861. The lowest BCUT2D eigenvalue weighted by atomic mass is 10.2. The molecule has 2 N–H and O–H groups in total. The van der Waals surface area contributed by atoms with E-state index in [-0.39, 0.29) is 5.69 Å². The first-order valence-electron chi connectivity index (χ1n) is 7.10. The van der Waals surface area contributed by atoms with Crippen molar-refractivity contribution in [1.82, 2.24) is 15.6 Å². The molecule has 0 atom stereocenters. The van der Waals surface area contributed by atoms with Crippen LogP contribution in [0.3, 0.4) is 0 Å². The summed E-state index contributed by atoms with van der Waals surface area (Å²) in [5, 5.41) is 18.2. The highest BCUT2D eigenvalue weighted by Crippen LogP contribution is 2.16. The van der Waals surface area contributed by atoms with Crippen LogP contribution in [0.4, 0.5) is 5.69 Å². The van der Waals surface area contributed by atoms with Gasteiger partial charge in [-0.3, -0.25) is 15.1 Å². The second-order valence-corrected chi connectivity index (χ2v) is 6.24. The molecule has 0 aliphatic carbocycles. The molecular formula is C15H19N5O2S. The van der Waals surface area contributed by atoms with Gasteiger partial charge in [0.05, 0.1) is 22.2 Å². The maximum Gasteiger partial charge on any atom is 0.269 e. The maximum absolute atomic E-state index is 10.8. The first kappa shape index (κ1) is 16.9. The number of aromatic nitrogens is 1. The second kappa shape index (κ2) is 7.68. The predicted molar refractivity (Wildman–Crippen MR) is 91.7 cm³/mol. The number of nitrogens with zero attached hydrogens (tertiary/aromatic N) is 3. The molecule has 8 heteroatoms. The molecule has 0 spiro atoms. The van der Waals surface area contributed by atoms with Crippen LogP contribution in [0, 0.1) is 24.0 Å². The van der Waals surface area contributed by atoms with Gasteiger partial charge >= 0.3 is 0 Å². The number of nitrogens with one attached hydrogen (secondary N) is 2. The molecule has 1 aromatic heterocycles. The average molecular weight is 333 g/mol. The van der Waals surface area contributed by atoms with Crippen molar-refractivity contribution in [3.8, 4) is 0 Å². The van der Waals surface area contributed by atoms with Gasteiger partial charge in [0, 0.05) is 30.6 Å². The van der Waals surface area contributed by atoms with E-state index in [4.69, 9.17) is 0 Å². The lowest BCUT2D eigenvalue weighted by Gasteiger charge is -2.11.